The van der Waals surface area contributed by atoms with Crippen LogP contribution in [0.3, 0.4) is 0 Å². The Hall–Kier alpha value is -3.09. The third-order valence-corrected chi connectivity index (χ3v) is 5.83. The summed E-state index contributed by atoms with van der Waals surface area (Å²) in [6, 6.07) is 7.35. The maximum absolute atomic E-state index is 12.8. The van der Waals surface area contributed by atoms with E-state index in [0.29, 0.717) is 43.4 Å². The number of nitrogens with zero attached hydrogens (tertiary/aromatic N) is 2. The fourth-order valence-electron chi connectivity index (χ4n) is 4.00. The number of benzene rings is 1. The number of nitrogens with one attached hydrogen (secondary N) is 2. The molecule has 2 N–H and O–H groups in total. The Labute approximate surface area is 170 Å². The number of amides is 2. The second-order valence-corrected chi connectivity index (χ2v) is 7.72. The zero-order valence-electron chi connectivity index (χ0n) is 16.4. The van der Waals surface area contributed by atoms with Gasteiger partial charge in [-0.15, -0.1) is 0 Å². The number of piperidine rings is 1. The van der Waals surface area contributed by atoms with Crippen LogP contribution in [0.25, 0.3) is 0 Å². The van der Waals surface area contributed by atoms with E-state index in [4.69, 9.17) is 4.74 Å². The summed E-state index contributed by atoms with van der Waals surface area (Å²) in [4.78, 5) is 34.1. The molecular formula is C22H26N4O3. The molecule has 1 spiro atoms. The summed E-state index contributed by atoms with van der Waals surface area (Å²) in [6.45, 7) is 2.43. The Kier molecular flexibility index (Phi) is 5.64. The lowest BCUT2D eigenvalue weighted by molar-refractivity contribution is 0.0556. The number of imidazole rings is 1. The molecule has 1 fully saturated rings. The molecule has 2 aromatic rings. The van der Waals surface area contributed by atoms with Gasteiger partial charge in [-0.2, -0.15) is 0 Å². The van der Waals surface area contributed by atoms with Crippen LogP contribution in [0.2, 0.25) is 0 Å². The highest BCUT2D eigenvalue weighted by molar-refractivity contribution is 5.97. The van der Waals surface area contributed by atoms with Crippen molar-refractivity contribution in [2.75, 3.05) is 26.2 Å². The average molecular weight is 394 g/mol. The van der Waals surface area contributed by atoms with Gasteiger partial charge in [-0.3, -0.25) is 9.59 Å². The van der Waals surface area contributed by atoms with E-state index in [2.05, 4.69) is 27.4 Å². The molecule has 1 aromatic heterocycles. The van der Waals surface area contributed by atoms with Crippen molar-refractivity contribution < 1.29 is 14.3 Å². The number of para-hydroxylation sites is 1. The molecular weight excluding hydrogens is 368 g/mol. The molecule has 0 bridgehead atoms. The zero-order chi connectivity index (χ0) is 20.1. The van der Waals surface area contributed by atoms with E-state index >= 15 is 0 Å². The quantitative estimate of drug-likeness (QED) is 0.728. The Balaban J connectivity index is 1.47. The van der Waals surface area contributed by atoms with E-state index in [-0.39, 0.29) is 17.2 Å². The molecule has 2 aliphatic rings. The van der Waals surface area contributed by atoms with Crippen LogP contribution in [0.5, 0.6) is 5.75 Å². The number of aromatic amines is 1. The van der Waals surface area contributed by atoms with Gasteiger partial charge in [-0.05, 0) is 43.2 Å². The maximum atomic E-state index is 12.8. The number of H-pyrrole nitrogens is 1. The van der Waals surface area contributed by atoms with Crippen molar-refractivity contribution in [3.63, 3.8) is 0 Å². The molecule has 2 aliphatic heterocycles. The second kappa shape index (κ2) is 8.51. The Morgan fingerprint density at radius 1 is 1.17 bits per heavy atom. The molecule has 1 saturated heterocycles. The first-order valence-corrected chi connectivity index (χ1v) is 10.1. The number of carbonyl (C=O) groups excluding carboxylic acids is 2. The minimum Gasteiger partial charge on any atom is -0.492 e. The Bertz CT molecular complexity index is 883. The van der Waals surface area contributed by atoms with Crippen molar-refractivity contribution in [2.45, 2.75) is 25.7 Å². The molecule has 0 aliphatic carbocycles. The second-order valence-electron chi connectivity index (χ2n) is 7.72. The fraction of sp³-hybridized carbons (Fsp3) is 0.409. The van der Waals surface area contributed by atoms with Gasteiger partial charge in [0.25, 0.3) is 11.8 Å². The average Bonchev–Trinajstić information content (AvgIpc) is 3.29. The van der Waals surface area contributed by atoms with E-state index in [1.54, 1.807) is 18.5 Å². The molecule has 152 valence electrons. The predicted molar refractivity (Wildman–Crippen MR) is 109 cm³/mol. The first-order chi connectivity index (χ1) is 14.2. The van der Waals surface area contributed by atoms with E-state index in [1.165, 1.54) is 0 Å². The van der Waals surface area contributed by atoms with Crippen LogP contribution in [0.1, 0.15) is 46.7 Å². The van der Waals surface area contributed by atoms with E-state index in [1.807, 2.05) is 23.1 Å². The van der Waals surface area contributed by atoms with Gasteiger partial charge in [0, 0.05) is 32.0 Å². The van der Waals surface area contributed by atoms with Crippen molar-refractivity contribution in [3.8, 4) is 5.75 Å². The largest absolute Gasteiger partial charge is 0.492 e. The SMILES string of the molecule is O=C1NCC2(C/C=C/CCOc3ccccc31)CCN(C(=O)c1ncc[nH]1)CC2. The first kappa shape index (κ1) is 19.2. The number of aromatic nitrogens is 2. The molecule has 29 heavy (non-hydrogen) atoms. The number of fused-ring (bicyclic) bond motifs is 1. The maximum Gasteiger partial charge on any atom is 0.289 e. The summed E-state index contributed by atoms with van der Waals surface area (Å²) in [5, 5.41) is 3.11. The summed E-state index contributed by atoms with van der Waals surface area (Å²) in [5.41, 5.74) is 0.513. The van der Waals surface area contributed by atoms with Gasteiger partial charge in [0.1, 0.15) is 5.75 Å². The summed E-state index contributed by atoms with van der Waals surface area (Å²) < 4.78 is 5.78. The number of ether oxygens (including phenoxy) is 1. The summed E-state index contributed by atoms with van der Waals surface area (Å²) in [7, 11) is 0. The minimum atomic E-state index is -0.112. The van der Waals surface area contributed by atoms with Crippen molar-refractivity contribution in [3.05, 3.63) is 60.2 Å². The van der Waals surface area contributed by atoms with Crippen molar-refractivity contribution in [1.82, 2.24) is 20.2 Å². The molecule has 1 aromatic carbocycles. The van der Waals surface area contributed by atoms with Gasteiger partial charge in [-0.25, -0.2) is 4.98 Å². The van der Waals surface area contributed by atoms with Crippen LogP contribution >= 0.6 is 0 Å². The third-order valence-electron chi connectivity index (χ3n) is 5.83. The lowest BCUT2D eigenvalue weighted by Gasteiger charge is -2.41. The molecule has 0 saturated carbocycles. The van der Waals surface area contributed by atoms with E-state index < -0.39 is 0 Å². The van der Waals surface area contributed by atoms with Crippen molar-refractivity contribution in [2.24, 2.45) is 5.41 Å². The van der Waals surface area contributed by atoms with Gasteiger partial charge in [0.2, 0.25) is 0 Å². The Morgan fingerprint density at radius 3 is 2.79 bits per heavy atom. The number of allylic oxidation sites excluding steroid dienone is 1. The Morgan fingerprint density at radius 2 is 2.00 bits per heavy atom. The lowest BCUT2D eigenvalue weighted by Crippen LogP contribution is -2.48. The summed E-state index contributed by atoms with van der Waals surface area (Å²) >= 11 is 0. The van der Waals surface area contributed by atoms with Crippen molar-refractivity contribution in [1.29, 1.82) is 0 Å². The highest BCUT2D eigenvalue weighted by atomic mass is 16.5. The molecule has 0 radical (unpaired) electrons. The lowest BCUT2D eigenvalue weighted by atomic mass is 9.75. The smallest absolute Gasteiger partial charge is 0.289 e. The van der Waals surface area contributed by atoms with E-state index in [9.17, 15) is 9.59 Å². The highest BCUT2D eigenvalue weighted by Crippen LogP contribution is 2.36. The number of likely N-dealkylation sites (tertiary alicyclic amines) is 1. The van der Waals surface area contributed by atoms with Crippen molar-refractivity contribution >= 4 is 11.8 Å². The number of carbonyl (C=O) groups is 2. The molecule has 0 unspecified atom stereocenters. The standard InChI is InChI=1S/C22H26N4O3/c27-20-17-6-2-3-7-18(17)29-15-5-1-4-8-22(16-25-20)9-13-26(14-10-22)21(28)19-23-11-12-24-19/h1-4,6-7,11-12H,5,8-10,13-16H2,(H,23,24)(H,25,27)/b4-1+. The summed E-state index contributed by atoms with van der Waals surface area (Å²) in [6.07, 6.45) is 10.9. The summed E-state index contributed by atoms with van der Waals surface area (Å²) in [5.74, 6) is 0.818. The van der Waals surface area contributed by atoms with Crippen LogP contribution < -0.4 is 10.1 Å². The normalized spacial score (nSPS) is 20.6. The zero-order valence-corrected chi connectivity index (χ0v) is 16.4. The molecule has 2 amide bonds. The van der Waals surface area contributed by atoms with Gasteiger partial charge < -0.3 is 19.9 Å². The van der Waals surface area contributed by atoms with Crippen LogP contribution in [-0.2, 0) is 0 Å². The minimum absolute atomic E-state index is 0.0545. The first-order valence-electron chi connectivity index (χ1n) is 10.1. The van der Waals surface area contributed by atoms with Crippen LogP contribution in [0.15, 0.2) is 48.8 Å². The molecule has 3 heterocycles. The van der Waals surface area contributed by atoms with Crippen LogP contribution in [0, 0.1) is 5.41 Å². The van der Waals surface area contributed by atoms with Gasteiger partial charge in [0.15, 0.2) is 5.82 Å². The van der Waals surface area contributed by atoms with Crippen LogP contribution in [0.4, 0.5) is 0 Å². The topological polar surface area (TPSA) is 87.3 Å². The number of hydrogen-bond donors (Lipinski definition) is 2. The van der Waals surface area contributed by atoms with Gasteiger partial charge in [0.05, 0.1) is 12.2 Å². The third kappa shape index (κ3) is 4.34. The molecule has 0 atom stereocenters. The predicted octanol–water partition coefficient (Wildman–Crippen LogP) is 2.79. The van der Waals surface area contributed by atoms with Gasteiger partial charge >= 0.3 is 0 Å². The molecule has 7 nitrogen and oxygen atoms in total. The van der Waals surface area contributed by atoms with Gasteiger partial charge in [-0.1, -0.05) is 24.3 Å². The molecule has 7 heteroatoms. The molecule has 4 rings (SSSR count). The number of hydrogen-bond acceptors (Lipinski definition) is 4. The van der Waals surface area contributed by atoms with Crippen LogP contribution in [-0.4, -0.2) is 52.9 Å². The number of rotatable bonds is 1. The highest BCUT2D eigenvalue weighted by Gasteiger charge is 2.36. The van der Waals surface area contributed by atoms with E-state index in [0.717, 1.165) is 25.7 Å². The fourth-order valence-corrected chi connectivity index (χ4v) is 4.00. The monoisotopic (exact) mass is 394 g/mol.